The average Bonchev–Trinajstić information content (AvgIpc) is 2.38. The van der Waals surface area contributed by atoms with Crippen LogP contribution in [0.5, 0.6) is 0 Å². The summed E-state index contributed by atoms with van der Waals surface area (Å²) < 4.78 is 0. The molecule has 0 atom stereocenters. The van der Waals surface area contributed by atoms with Crippen LogP contribution in [-0.4, -0.2) is 11.0 Å². The van der Waals surface area contributed by atoms with Crippen molar-refractivity contribution in [3.8, 4) is 0 Å². The largest absolute Gasteiger partial charge is 0.112 e. The second-order valence-corrected chi connectivity index (χ2v) is 7.20. The summed E-state index contributed by atoms with van der Waals surface area (Å²) in [6.07, 6.45) is 0.798. The molecule has 0 aromatic heterocycles. The molecular weight excluding hydrogens is 270 g/mol. The molecule has 0 aliphatic heterocycles. The number of halogens is 2. The summed E-state index contributed by atoms with van der Waals surface area (Å²) in [5, 5.41) is 2.64. The molecule has 0 radical (unpaired) electrons. The Balaban J connectivity index is 2.32. The van der Waals surface area contributed by atoms with Crippen molar-refractivity contribution in [3.63, 3.8) is 0 Å². The highest BCUT2D eigenvalue weighted by Gasteiger charge is 2.16. The van der Waals surface area contributed by atoms with Crippen molar-refractivity contribution in [2.75, 3.05) is 6.16 Å². The fourth-order valence-corrected chi connectivity index (χ4v) is 4.60. The van der Waals surface area contributed by atoms with Crippen LogP contribution in [0.15, 0.2) is 60.7 Å². The zero-order valence-electron chi connectivity index (χ0n) is 9.26. The molecule has 17 heavy (non-hydrogen) atoms. The lowest BCUT2D eigenvalue weighted by Gasteiger charge is -2.19. The Morgan fingerprint density at radius 2 is 1.18 bits per heavy atom. The van der Waals surface area contributed by atoms with Gasteiger partial charge in [-0.25, -0.2) is 0 Å². The van der Waals surface area contributed by atoms with Crippen LogP contribution in [0, 0.1) is 0 Å². The van der Waals surface area contributed by atoms with E-state index in [1.165, 1.54) is 10.6 Å². The molecule has 0 bridgehead atoms. The van der Waals surface area contributed by atoms with Crippen LogP contribution in [0.2, 0.25) is 0 Å². The molecule has 0 aliphatic rings. The Labute approximate surface area is 113 Å². The monoisotopic (exact) mass is 282 g/mol. The van der Waals surface area contributed by atoms with Gasteiger partial charge in [0.2, 0.25) is 0 Å². The highest BCUT2D eigenvalue weighted by Crippen LogP contribution is 2.36. The first-order chi connectivity index (χ1) is 8.27. The summed E-state index contributed by atoms with van der Waals surface area (Å²) in [4.78, 5) is -0.318. The molecule has 88 valence electrons. The maximum absolute atomic E-state index is 5.95. The molecule has 0 saturated carbocycles. The Bertz CT molecular complexity index is 403. The van der Waals surface area contributed by atoms with E-state index in [9.17, 15) is 0 Å². The van der Waals surface area contributed by atoms with Crippen LogP contribution in [0.3, 0.4) is 0 Å². The van der Waals surface area contributed by atoms with Crippen molar-refractivity contribution in [2.24, 2.45) is 0 Å². The van der Waals surface area contributed by atoms with E-state index in [1.54, 1.807) is 0 Å². The minimum atomic E-state index is -0.454. The zero-order valence-corrected chi connectivity index (χ0v) is 11.7. The van der Waals surface area contributed by atoms with Gasteiger partial charge < -0.3 is 0 Å². The van der Waals surface area contributed by atoms with E-state index in [-0.39, 0.29) is 4.84 Å². The fourth-order valence-electron chi connectivity index (χ4n) is 1.71. The van der Waals surface area contributed by atoms with Crippen molar-refractivity contribution in [2.45, 2.75) is 4.84 Å². The second kappa shape index (κ2) is 6.40. The van der Waals surface area contributed by atoms with E-state index in [2.05, 4.69) is 48.5 Å². The van der Waals surface area contributed by atoms with Crippen LogP contribution in [0.25, 0.3) is 0 Å². The number of benzene rings is 2. The van der Waals surface area contributed by atoms with Gasteiger partial charge >= 0.3 is 0 Å². The second-order valence-electron chi connectivity index (χ2n) is 3.67. The Morgan fingerprint density at radius 1 is 0.765 bits per heavy atom. The van der Waals surface area contributed by atoms with E-state index in [1.807, 2.05) is 12.1 Å². The van der Waals surface area contributed by atoms with Crippen molar-refractivity contribution >= 4 is 41.7 Å². The highest BCUT2D eigenvalue weighted by molar-refractivity contribution is 7.73. The molecule has 2 aromatic carbocycles. The van der Waals surface area contributed by atoms with E-state index >= 15 is 0 Å². The van der Waals surface area contributed by atoms with Gasteiger partial charge in [0.15, 0.2) is 0 Å². The lowest BCUT2D eigenvalue weighted by atomic mass is 10.4. The molecule has 0 N–H and O–H groups in total. The van der Waals surface area contributed by atoms with Gasteiger partial charge in [-0.2, -0.15) is 0 Å². The quantitative estimate of drug-likeness (QED) is 0.589. The minimum Gasteiger partial charge on any atom is -0.105 e. The van der Waals surface area contributed by atoms with Gasteiger partial charge in [0.1, 0.15) is 4.84 Å². The average molecular weight is 283 g/mol. The lowest BCUT2D eigenvalue weighted by molar-refractivity contribution is 1.40. The summed E-state index contributed by atoms with van der Waals surface area (Å²) in [6.45, 7) is 0. The minimum absolute atomic E-state index is 0.318. The molecule has 0 saturated heterocycles. The van der Waals surface area contributed by atoms with Crippen LogP contribution < -0.4 is 10.6 Å². The van der Waals surface area contributed by atoms with E-state index in [0.717, 1.165) is 6.16 Å². The predicted octanol–water partition coefficient (Wildman–Crippen LogP) is 3.92. The van der Waals surface area contributed by atoms with Gasteiger partial charge in [-0.05, 0) is 18.5 Å². The highest BCUT2D eigenvalue weighted by atomic mass is 35.5. The molecule has 0 heterocycles. The number of hydrogen-bond donors (Lipinski definition) is 0. The van der Waals surface area contributed by atoms with Crippen molar-refractivity contribution in [1.82, 2.24) is 0 Å². The first-order valence-corrected chi connectivity index (χ1v) is 7.83. The van der Waals surface area contributed by atoms with Crippen LogP contribution >= 0.6 is 31.1 Å². The van der Waals surface area contributed by atoms with Crippen molar-refractivity contribution in [3.05, 3.63) is 60.7 Å². The molecule has 0 unspecified atom stereocenters. The Hall–Kier alpha value is -0.550. The van der Waals surface area contributed by atoms with Gasteiger partial charge in [0.25, 0.3) is 0 Å². The third kappa shape index (κ3) is 3.71. The van der Waals surface area contributed by atoms with Crippen LogP contribution in [-0.2, 0) is 0 Å². The van der Waals surface area contributed by atoms with Gasteiger partial charge in [0, 0.05) is 6.16 Å². The van der Waals surface area contributed by atoms with Gasteiger partial charge in [0.05, 0.1) is 0 Å². The first kappa shape index (κ1) is 12.9. The molecule has 3 heteroatoms. The first-order valence-electron chi connectivity index (χ1n) is 5.43. The van der Waals surface area contributed by atoms with Crippen LogP contribution in [0.4, 0.5) is 0 Å². The van der Waals surface area contributed by atoms with E-state index < -0.39 is 7.92 Å². The van der Waals surface area contributed by atoms with E-state index in [0.29, 0.717) is 0 Å². The summed E-state index contributed by atoms with van der Waals surface area (Å²) in [7, 11) is -0.454. The van der Waals surface area contributed by atoms with Gasteiger partial charge in [-0.15, -0.1) is 23.2 Å². The predicted molar refractivity (Wildman–Crippen MR) is 79.4 cm³/mol. The Morgan fingerprint density at radius 3 is 1.53 bits per heavy atom. The fraction of sp³-hybridized carbons (Fsp3) is 0.143. The molecule has 0 fully saturated rings. The van der Waals surface area contributed by atoms with Crippen LogP contribution in [0.1, 0.15) is 0 Å². The third-order valence-electron chi connectivity index (χ3n) is 2.46. The SMILES string of the molecule is ClC(Cl)CP(c1ccccc1)c1ccccc1. The molecule has 0 nitrogen and oxygen atoms in total. The van der Waals surface area contributed by atoms with Crippen molar-refractivity contribution in [1.29, 1.82) is 0 Å². The smallest absolute Gasteiger partial charge is 0.105 e. The summed E-state index contributed by atoms with van der Waals surface area (Å²) in [5.41, 5.74) is 0. The lowest BCUT2D eigenvalue weighted by Crippen LogP contribution is -2.16. The topological polar surface area (TPSA) is 0 Å². The van der Waals surface area contributed by atoms with E-state index in [4.69, 9.17) is 23.2 Å². The summed E-state index contributed by atoms with van der Waals surface area (Å²) in [5.74, 6) is 0. The third-order valence-corrected chi connectivity index (χ3v) is 5.77. The van der Waals surface area contributed by atoms with Crippen molar-refractivity contribution < 1.29 is 0 Å². The molecule has 2 rings (SSSR count). The summed E-state index contributed by atoms with van der Waals surface area (Å²) >= 11 is 11.9. The number of hydrogen-bond acceptors (Lipinski definition) is 0. The molecular formula is C14H13Cl2P. The van der Waals surface area contributed by atoms with Gasteiger partial charge in [-0.3, -0.25) is 0 Å². The summed E-state index contributed by atoms with van der Waals surface area (Å²) in [6, 6.07) is 20.9. The molecule has 0 aliphatic carbocycles. The van der Waals surface area contributed by atoms with Gasteiger partial charge in [-0.1, -0.05) is 60.7 Å². The maximum atomic E-state index is 5.95. The number of alkyl halides is 2. The number of rotatable bonds is 4. The zero-order chi connectivity index (χ0) is 12.1. The standard InChI is InChI=1S/C14H13Cl2P/c15-14(16)11-17(12-7-3-1-4-8-12)13-9-5-2-6-10-13/h1-10,14H,11H2. The normalized spacial score (nSPS) is 11.1. The molecule has 0 spiro atoms. The maximum Gasteiger partial charge on any atom is 0.112 e. The molecule has 2 aromatic rings. The Kier molecular flexibility index (Phi) is 4.86. The molecule has 0 amide bonds.